The van der Waals surface area contributed by atoms with Crippen molar-refractivity contribution in [2.75, 3.05) is 7.11 Å². The monoisotopic (exact) mass is 220 g/mol. The number of unbranched alkanes of at least 4 members (excludes halogenated alkanes) is 2. The van der Waals surface area contributed by atoms with E-state index in [4.69, 9.17) is 4.74 Å². The smallest absolute Gasteiger partial charge is 0.129 e. The summed E-state index contributed by atoms with van der Waals surface area (Å²) in [6.07, 6.45) is 4.98. The lowest BCUT2D eigenvalue weighted by Crippen LogP contribution is -1.93. The van der Waals surface area contributed by atoms with Crippen molar-refractivity contribution in [1.82, 2.24) is 0 Å². The quantitative estimate of drug-likeness (QED) is 0.658. The molecule has 0 aliphatic rings. The van der Waals surface area contributed by atoms with Crippen molar-refractivity contribution in [1.29, 1.82) is 0 Å². The van der Waals surface area contributed by atoms with Crippen molar-refractivity contribution in [2.24, 2.45) is 0 Å². The van der Waals surface area contributed by atoms with Crippen LogP contribution in [0.3, 0.4) is 0 Å². The van der Waals surface area contributed by atoms with Crippen LogP contribution in [0.15, 0.2) is 24.3 Å². The van der Waals surface area contributed by atoms with Crippen LogP contribution in [0.25, 0.3) is 0 Å². The van der Waals surface area contributed by atoms with Crippen molar-refractivity contribution in [2.45, 2.75) is 39.0 Å². The van der Waals surface area contributed by atoms with E-state index in [1.807, 2.05) is 18.2 Å². The Morgan fingerprint density at radius 1 is 1.19 bits per heavy atom. The summed E-state index contributed by atoms with van der Waals surface area (Å²) >= 11 is 0. The standard InChI is InChI=1S/C14H20O2/c1-12(15)8-4-3-5-9-13-10-6-7-11-14(13)16-2/h6-7,10-11H,3-5,8-9H2,1-2H3. The summed E-state index contributed by atoms with van der Waals surface area (Å²) < 4.78 is 5.29. The topological polar surface area (TPSA) is 26.3 Å². The molecule has 1 rings (SSSR count). The van der Waals surface area contributed by atoms with E-state index in [1.54, 1.807) is 14.0 Å². The summed E-state index contributed by atoms with van der Waals surface area (Å²) in [5.41, 5.74) is 1.26. The van der Waals surface area contributed by atoms with E-state index in [0.717, 1.165) is 31.4 Å². The van der Waals surface area contributed by atoms with Gasteiger partial charge in [0, 0.05) is 6.42 Å². The lowest BCUT2D eigenvalue weighted by Gasteiger charge is -2.07. The third-order valence-corrected chi connectivity index (χ3v) is 2.67. The van der Waals surface area contributed by atoms with Gasteiger partial charge in [0.2, 0.25) is 0 Å². The number of methoxy groups -OCH3 is 1. The predicted molar refractivity (Wildman–Crippen MR) is 65.8 cm³/mol. The number of benzene rings is 1. The number of para-hydroxylation sites is 1. The first kappa shape index (κ1) is 12.8. The van der Waals surface area contributed by atoms with Crippen molar-refractivity contribution >= 4 is 5.78 Å². The van der Waals surface area contributed by atoms with Crippen LogP contribution in [0.2, 0.25) is 0 Å². The molecule has 0 fully saturated rings. The number of rotatable bonds is 7. The fourth-order valence-corrected chi connectivity index (χ4v) is 1.78. The largest absolute Gasteiger partial charge is 0.496 e. The van der Waals surface area contributed by atoms with Gasteiger partial charge in [0.1, 0.15) is 11.5 Å². The van der Waals surface area contributed by atoms with E-state index in [-0.39, 0.29) is 5.78 Å². The van der Waals surface area contributed by atoms with Crippen molar-refractivity contribution in [3.63, 3.8) is 0 Å². The van der Waals surface area contributed by atoms with Crippen LogP contribution >= 0.6 is 0 Å². The fraction of sp³-hybridized carbons (Fsp3) is 0.500. The van der Waals surface area contributed by atoms with Crippen LogP contribution in [0, 0.1) is 0 Å². The lowest BCUT2D eigenvalue weighted by atomic mass is 10.0. The average Bonchev–Trinajstić information content (AvgIpc) is 2.29. The minimum Gasteiger partial charge on any atom is -0.496 e. The Morgan fingerprint density at radius 2 is 1.94 bits per heavy atom. The Hall–Kier alpha value is -1.31. The Kier molecular flexibility index (Phi) is 5.62. The molecule has 0 aliphatic heterocycles. The summed E-state index contributed by atoms with van der Waals surface area (Å²) in [4.78, 5) is 10.8. The molecule has 16 heavy (non-hydrogen) atoms. The molecule has 2 nitrogen and oxygen atoms in total. The van der Waals surface area contributed by atoms with Crippen LogP contribution in [-0.4, -0.2) is 12.9 Å². The second kappa shape index (κ2) is 7.04. The zero-order chi connectivity index (χ0) is 11.8. The number of ether oxygens (including phenoxy) is 1. The molecule has 88 valence electrons. The maximum Gasteiger partial charge on any atom is 0.129 e. The van der Waals surface area contributed by atoms with Gasteiger partial charge in [-0.15, -0.1) is 0 Å². The molecule has 0 saturated heterocycles. The molecule has 0 atom stereocenters. The van der Waals surface area contributed by atoms with E-state index < -0.39 is 0 Å². The molecule has 0 radical (unpaired) electrons. The van der Waals surface area contributed by atoms with Gasteiger partial charge >= 0.3 is 0 Å². The van der Waals surface area contributed by atoms with Gasteiger partial charge in [0.25, 0.3) is 0 Å². The highest BCUT2D eigenvalue weighted by Gasteiger charge is 2.01. The normalized spacial score (nSPS) is 10.1. The maximum absolute atomic E-state index is 10.8. The van der Waals surface area contributed by atoms with Gasteiger partial charge in [-0.2, -0.15) is 0 Å². The summed E-state index contributed by atoms with van der Waals surface area (Å²) in [6.45, 7) is 1.65. The molecule has 1 aromatic rings. The van der Waals surface area contributed by atoms with Crippen LogP contribution < -0.4 is 4.74 Å². The minimum atomic E-state index is 0.289. The second-order valence-electron chi connectivity index (χ2n) is 4.07. The lowest BCUT2D eigenvalue weighted by molar-refractivity contribution is -0.117. The highest BCUT2D eigenvalue weighted by Crippen LogP contribution is 2.19. The first-order valence-corrected chi connectivity index (χ1v) is 5.85. The van der Waals surface area contributed by atoms with Crippen LogP contribution in [-0.2, 0) is 11.2 Å². The van der Waals surface area contributed by atoms with Crippen molar-refractivity contribution < 1.29 is 9.53 Å². The number of ketones is 1. The molecule has 0 aromatic heterocycles. The van der Waals surface area contributed by atoms with E-state index in [1.165, 1.54) is 5.56 Å². The highest BCUT2D eigenvalue weighted by atomic mass is 16.5. The Morgan fingerprint density at radius 3 is 2.62 bits per heavy atom. The Labute approximate surface area is 97.6 Å². The second-order valence-corrected chi connectivity index (χ2v) is 4.07. The highest BCUT2D eigenvalue weighted by molar-refractivity contribution is 5.75. The maximum atomic E-state index is 10.8. The number of aryl methyl sites for hydroxylation is 1. The molecule has 0 unspecified atom stereocenters. The first-order valence-electron chi connectivity index (χ1n) is 5.85. The molecule has 0 aliphatic carbocycles. The van der Waals surface area contributed by atoms with E-state index in [0.29, 0.717) is 6.42 Å². The van der Waals surface area contributed by atoms with Gasteiger partial charge in [-0.25, -0.2) is 0 Å². The zero-order valence-corrected chi connectivity index (χ0v) is 10.2. The molecular weight excluding hydrogens is 200 g/mol. The summed E-state index contributed by atoms with van der Waals surface area (Å²) in [7, 11) is 1.70. The SMILES string of the molecule is COc1ccccc1CCCCCC(C)=O. The van der Waals surface area contributed by atoms with E-state index >= 15 is 0 Å². The fourth-order valence-electron chi connectivity index (χ4n) is 1.78. The number of Topliss-reactive ketones (excluding diaryl/α,β-unsaturated/α-hetero) is 1. The Bertz CT molecular complexity index is 331. The first-order chi connectivity index (χ1) is 7.74. The van der Waals surface area contributed by atoms with Gasteiger partial charge in [0.15, 0.2) is 0 Å². The molecule has 0 saturated carbocycles. The molecule has 2 heteroatoms. The molecular formula is C14H20O2. The van der Waals surface area contributed by atoms with Gasteiger partial charge in [0.05, 0.1) is 7.11 Å². The van der Waals surface area contributed by atoms with Gasteiger partial charge < -0.3 is 9.53 Å². The molecule has 0 heterocycles. The van der Waals surface area contributed by atoms with E-state index in [9.17, 15) is 4.79 Å². The molecule has 0 amide bonds. The van der Waals surface area contributed by atoms with Gasteiger partial charge in [-0.1, -0.05) is 24.6 Å². The summed E-state index contributed by atoms with van der Waals surface area (Å²) in [6, 6.07) is 8.11. The van der Waals surface area contributed by atoms with Crippen LogP contribution in [0.1, 0.15) is 38.2 Å². The Balaban J connectivity index is 2.28. The summed E-state index contributed by atoms with van der Waals surface area (Å²) in [5.74, 6) is 1.26. The minimum absolute atomic E-state index is 0.289. The average molecular weight is 220 g/mol. The third-order valence-electron chi connectivity index (χ3n) is 2.67. The number of hydrogen-bond donors (Lipinski definition) is 0. The molecule has 0 spiro atoms. The van der Waals surface area contributed by atoms with Crippen molar-refractivity contribution in [3.8, 4) is 5.75 Å². The van der Waals surface area contributed by atoms with Crippen LogP contribution in [0.4, 0.5) is 0 Å². The van der Waals surface area contributed by atoms with Crippen molar-refractivity contribution in [3.05, 3.63) is 29.8 Å². The van der Waals surface area contributed by atoms with Gasteiger partial charge in [-0.3, -0.25) is 0 Å². The summed E-state index contributed by atoms with van der Waals surface area (Å²) in [5, 5.41) is 0. The molecule has 1 aromatic carbocycles. The zero-order valence-electron chi connectivity index (χ0n) is 10.2. The number of carbonyl (C=O) groups excluding carboxylic acids is 1. The van der Waals surface area contributed by atoms with Gasteiger partial charge in [-0.05, 0) is 37.8 Å². The predicted octanol–water partition coefficient (Wildman–Crippen LogP) is 3.39. The molecule has 0 bridgehead atoms. The molecule has 0 N–H and O–H groups in total. The number of carbonyl (C=O) groups is 1. The third kappa shape index (κ3) is 4.47. The number of hydrogen-bond acceptors (Lipinski definition) is 2. The van der Waals surface area contributed by atoms with Crippen LogP contribution in [0.5, 0.6) is 5.75 Å². The van der Waals surface area contributed by atoms with E-state index in [2.05, 4.69) is 6.07 Å².